The Kier molecular flexibility index (Phi) is 7.27. The van der Waals surface area contributed by atoms with Crippen LogP contribution in [0.4, 0.5) is 0 Å². The molecule has 1 aliphatic rings. The molecule has 176 valence electrons. The number of ether oxygens (including phenoxy) is 3. The maximum atomic E-state index is 13.1. The van der Waals surface area contributed by atoms with E-state index in [1.807, 2.05) is 6.92 Å². The van der Waals surface area contributed by atoms with Crippen molar-refractivity contribution in [3.05, 3.63) is 59.2 Å². The Balaban J connectivity index is 1.71. The molecule has 9 nitrogen and oxygen atoms in total. The average molecular weight is 475 g/mol. The van der Waals surface area contributed by atoms with Gasteiger partial charge in [0.2, 0.25) is 5.91 Å². The van der Waals surface area contributed by atoms with E-state index in [1.54, 1.807) is 42.5 Å². The lowest BCUT2D eigenvalue weighted by Crippen LogP contribution is -2.40. The molecule has 2 aromatic rings. The maximum Gasteiger partial charge on any atom is 0.268 e. The first-order valence-electron chi connectivity index (χ1n) is 10.2. The Morgan fingerprint density at radius 3 is 2.33 bits per heavy atom. The van der Waals surface area contributed by atoms with Crippen LogP contribution in [0.3, 0.4) is 0 Å². The van der Waals surface area contributed by atoms with Gasteiger partial charge in [0.15, 0.2) is 11.5 Å². The third kappa shape index (κ3) is 4.95. The molecule has 1 heterocycles. The van der Waals surface area contributed by atoms with Gasteiger partial charge in [0.1, 0.15) is 17.2 Å². The number of benzene rings is 2. The molecule has 0 aromatic heterocycles. The Morgan fingerprint density at radius 2 is 1.73 bits per heavy atom. The number of hydrogen-bond donors (Lipinski definition) is 1. The van der Waals surface area contributed by atoms with E-state index in [2.05, 4.69) is 5.32 Å². The molecule has 0 spiro atoms. The largest absolute Gasteiger partial charge is 0.497 e. The van der Waals surface area contributed by atoms with Gasteiger partial charge in [0.05, 0.1) is 20.8 Å². The van der Waals surface area contributed by atoms with E-state index in [4.69, 9.17) is 14.2 Å². The molecular formula is C23H26N2O7S. The fourth-order valence-corrected chi connectivity index (χ4v) is 5.22. The summed E-state index contributed by atoms with van der Waals surface area (Å²) in [4.78, 5) is 25.1. The minimum Gasteiger partial charge on any atom is -0.497 e. The molecule has 0 unspecified atom stereocenters. The molecule has 0 bridgehead atoms. The highest BCUT2D eigenvalue weighted by Gasteiger charge is 2.43. The van der Waals surface area contributed by atoms with E-state index in [9.17, 15) is 18.0 Å². The Hall–Kier alpha value is -3.53. The quantitative estimate of drug-likeness (QED) is 0.594. The van der Waals surface area contributed by atoms with Gasteiger partial charge >= 0.3 is 0 Å². The Labute approximate surface area is 193 Å². The first kappa shape index (κ1) is 24.1. The van der Waals surface area contributed by atoms with Crippen molar-refractivity contribution in [1.29, 1.82) is 0 Å². The smallest absolute Gasteiger partial charge is 0.268 e. The first-order chi connectivity index (χ1) is 15.7. The minimum atomic E-state index is -4.17. The fourth-order valence-electron chi connectivity index (χ4n) is 3.45. The number of rotatable bonds is 9. The van der Waals surface area contributed by atoms with Crippen molar-refractivity contribution in [3.63, 3.8) is 0 Å². The van der Waals surface area contributed by atoms with Gasteiger partial charge in [0, 0.05) is 12.1 Å². The van der Waals surface area contributed by atoms with Gasteiger partial charge in [-0.15, -0.1) is 0 Å². The molecule has 33 heavy (non-hydrogen) atoms. The number of nitrogens with one attached hydrogen (secondary N) is 1. The SMILES string of the molecule is CCOc1ccc(CNC(=O)CN2C(=O)C(C)=C(c3ccc(OC)cc3)S2(=O)=O)cc1OC. The summed E-state index contributed by atoms with van der Waals surface area (Å²) in [5, 5.41) is 2.64. The van der Waals surface area contributed by atoms with E-state index in [-0.39, 0.29) is 17.0 Å². The summed E-state index contributed by atoms with van der Waals surface area (Å²) in [6.07, 6.45) is 0. The van der Waals surface area contributed by atoms with Gasteiger partial charge in [0.25, 0.3) is 15.9 Å². The molecule has 0 saturated heterocycles. The summed E-state index contributed by atoms with van der Waals surface area (Å²) in [5.74, 6) is 0.324. The van der Waals surface area contributed by atoms with Crippen LogP contribution in [0, 0.1) is 0 Å². The lowest BCUT2D eigenvalue weighted by molar-refractivity contribution is -0.128. The number of sulfonamides is 1. The normalized spacial score (nSPS) is 14.9. The molecule has 3 rings (SSSR count). The predicted molar refractivity (Wildman–Crippen MR) is 122 cm³/mol. The van der Waals surface area contributed by atoms with Crippen molar-refractivity contribution < 1.29 is 32.2 Å². The third-order valence-electron chi connectivity index (χ3n) is 5.09. The second-order valence-electron chi connectivity index (χ2n) is 7.19. The van der Waals surface area contributed by atoms with Crippen molar-refractivity contribution >= 4 is 26.7 Å². The molecule has 0 saturated carbocycles. The molecule has 0 aliphatic carbocycles. The van der Waals surface area contributed by atoms with Crippen molar-refractivity contribution in [1.82, 2.24) is 9.62 Å². The van der Waals surface area contributed by atoms with Gasteiger partial charge in [-0.25, -0.2) is 12.7 Å². The highest BCUT2D eigenvalue weighted by atomic mass is 32.2. The van der Waals surface area contributed by atoms with E-state index in [0.717, 1.165) is 5.56 Å². The summed E-state index contributed by atoms with van der Waals surface area (Å²) in [7, 11) is -1.16. The minimum absolute atomic E-state index is 0.0595. The zero-order valence-corrected chi connectivity index (χ0v) is 19.7. The van der Waals surface area contributed by atoms with Gasteiger partial charge in [-0.1, -0.05) is 6.07 Å². The van der Waals surface area contributed by atoms with Crippen LogP contribution in [0.15, 0.2) is 48.0 Å². The van der Waals surface area contributed by atoms with Crippen LogP contribution in [0.25, 0.3) is 4.91 Å². The molecule has 0 radical (unpaired) electrons. The first-order valence-corrected chi connectivity index (χ1v) is 11.7. The Bertz CT molecular complexity index is 1190. The molecule has 1 aliphatic heterocycles. The van der Waals surface area contributed by atoms with Gasteiger partial charge < -0.3 is 19.5 Å². The average Bonchev–Trinajstić information content (AvgIpc) is 2.97. The van der Waals surface area contributed by atoms with Crippen molar-refractivity contribution in [2.75, 3.05) is 27.4 Å². The lowest BCUT2D eigenvalue weighted by Gasteiger charge is -2.17. The van der Waals surface area contributed by atoms with E-state index >= 15 is 0 Å². The van der Waals surface area contributed by atoms with Gasteiger partial charge in [-0.3, -0.25) is 9.59 Å². The molecule has 10 heteroatoms. The molecule has 0 fully saturated rings. The maximum absolute atomic E-state index is 13.1. The van der Waals surface area contributed by atoms with Crippen LogP contribution >= 0.6 is 0 Å². The van der Waals surface area contributed by atoms with Gasteiger partial charge in [-0.2, -0.15) is 0 Å². The van der Waals surface area contributed by atoms with E-state index in [1.165, 1.54) is 21.1 Å². The van der Waals surface area contributed by atoms with Crippen molar-refractivity contribution in [3.8, 4) is 17.2 Å². The van der Waals surface area contributed by atoms with Crippen molar-refractivity contribution in [2.45, 2.75) is 20.4 Å². The number of amides is 2. The molecule has 2 amide bonds. The molecular weight excluding hydrogens is 448 g/mol. The topological polar surface area (TPSA) is 111 Å². The summed E-state index contributed by atoms with van der Waals surface area (Å²) in [5.41, 5.74) is 1.14. The number of nitrogens with zero attached hydrogens (tertiary/aromatic N) is 1. The van der Waals surface area contributed by atoms with Crippen LogP contribution < -0.4 is 19.5 Å². The highest BCUT2D eigenvalue weighted by molar-refractivity contribution is 7.99. The summed E-state index contributed by atoms with van der Waals surface area (Å²) < 4.78 is 42.6. The third-order valence-corrected chi connectivity index (χ3v) is 7.03. The number of carbonyl (C=O) groups excluding carboxylic acids is 2. The second-order valence-corrected chi connectivity index (χ2v) is 8.99. The summed E-state index contributed by atoms with van der Waals surface area (Å²) in [6, 6.07) is 11.5. The van der Waals surface area contributed by atoms with Crippen LogP contribution in [-0.2, 0) is 26.2 Å². The van der Waals surface area contributed by atoms with E-state index in [0.29, 0.717) is 33.7 Å². The fraction of sp³-hybridized carbons (Fsp3) is 0.304. The summed E-state index contributed by atoms with van der Waals surface area (Å²) >= 11 is 0. The zero-order chi connectivity index (χ0) is 24.2. The highest BCUT2D eigenvalue weighted by Crippen LogP contribution is 2.36. The number of methoxy groups -OCH3 is 2. The second kappa shape index (κ2) is 9.95. The summed E-state index contributed by atoms with van der Waals surface area (Å²) in [6.45, 7) is 3.28. The molecule has 0 atom stereocenters. The van der Waals surface area contributed by atoms with Crippen LogP contribution in [-0.4, -0.2) is 51.9 Å². The van der Waals surface area contributed by atoms with Gasteiger partial charge in [-0.05, 0) is 61.4 Å². The number of hydrogen-bond acceptors (Lipinski definition) is 7. The van der Waals surface area contributed by atoms with E-state index < -0.39 is 28.4 Å². The monoisotopic (exact) mass is 474 g/mol. The van der Waals surface area contributed by atoms with Crippen LogP contribution in [0.2, 0.25) is 0 Å². The van der Waals surface area contributed by atoms with Crippen LogP contribution in [0.5, 0.6) is 17.2 Å². The van der Waals surface area contributed by atoms with Crippen molar-refractivity contribution in [2.24, 2.45) is 0 Å². The molecule has 2 aromatic carbocycles. The Morgan fingerprint density at radius 1 is 1.03 bits per heavy atom. The lowest BCUT2D eigenvalue weighted by atomic mass is 10.1. The van der Waals surface area contributed by atoms with Crippen LogP contribution in [0.1, 0.15) is 25.0 Å². The number of carbonyl (C=O) groups is 2. The zero-order valence-electron chi connectivity index (χ0n) is 18.9. The predicted octanol–water partition coefficient (Wildman–Crippen LogP) is 2.32. The standard InChI is InChI=1S/C23H26N2O7S/c1-5-32-19-11-6-16(12-20(19)31-4)13-24-21(26)14-25-23(27)15(2)22(33(25,28)29)17-7-9-18(30-3)10-8-17/h6-12H,5,13-14H2,1-4H3,(H,24,26). The molecule has 1 N–H and O–H groups in total.